The number of nitrogens with one attached hydrogen (secondary N) is 1. The molecule has 3 rings (SSSR count). The summed E-state index contributed by atoms with van der Waals surface area (Å²) < 4.78 is 0. The van der Waals surface area contributed by atoms with Crippen molar-refractivity contribution in [2.75, 3.05) is 13.1 Å². The number of rotatable bonds is 1. The Labute approximate surface area is 84.1 Å². The molecule has 0 radical (unpaired) electrons. The molecular formula is C12H14N2. The van der Waals surface area contributed by atoms with Gasteiger partial charge in [-0.15, -0.1) is 0 Å². The first kappa shape index (κ1) is 8.18. The van der Waals surface area contributed by atoms with Crippen molar-refractivity contribution in [1.82, 2.24) is 10.3 Å². The normalized spacial score (nSPS) is 30.1. The molecule has 2 heteroatoms. The van der Waals surface area contributed by atoms with Crippen molar-refractivity contribution < 1.29 is 0 Å². The topological polar surface area (TPSA) is 24.9 Å². The Morgan fingerprint density at radius 3 is 2.86 bits per heavy atom. The quantitative estimate of drug-likeness (QED) is 0.722. The summed E-state index contributed by atoms with van der Waals surface area (Å²) in [6.45, 7) is 2.36. The Hall–Kier alpha value is -1.15. The van der Waals surface area contributed by atoms with Gasteiger partial charge in [0.2, 0.25) is 0 Å². The fourth-order valence-electron chi connectivity index (χ4n) is 2.56. The van der Waals surface area contributed by atoms with Gasteiger partial charge in [0.15, 0.2) is 0 Å². The molecule has 0 saturated carbocycles. The van der Waals surface area contributed by atoms with Crippen LogP contribution in [0.5, 0.6) is 0 Å². The Morgan fingerprint density at radius 1 is 1.21 bits per heavy atom. The molecule has 0 bridgehead atoms. The number of nitrogens with zero attached hydrogens (tertiary/aromatic N) is 1. The lowest BCUT2D eigenvalue weighted by molar-refractivity contribution is 0.536. The van der Waals surface area contributed by atoms with E-state index in [0.717, 1.165) is 11.8 Å². The minimum Gasteiger partial charge on any atom is -0.316 e. The van der Waals surface area contributed by atoms with Crippen LogP contribution in [-0.4, -0.2) is 18.1 Å². The molecule has 72 valence electrons. The third-order valence-electron chi connectivity index (χ3n) is 3.34. The van der Waals surface area contributed by atoms with E-state index in [1.807, 2.05) is 12.4 Å². The second-order valence-corrected chi connectivity index (χ2v) is 4.21. The van der Waals surface area contributed by atoms with Gasteiger partial charge in [0.05, 0.1) is 0 Å². The number of aromatic nitrogens is 1. The van der Waals surface area contributed by atoms with Crippen LogP contribution in [0.3, 0.4) is 0 Å². The van der Waals surface area contributed by atoms with Gasteiger partial charge in [0.1, 0.15) is 0 Å². The van der Waals surface area contributed by atoms with E-state index in [0.29, 0.717) is 0 Å². The summed E-state index contributed by atoms with van der Waals surface area (Å²) in [7, 11) is 0. The smallest absolute Gasteiger partial charge is 0.0273 e. The number of hydrogen-bond acceptors (Lipinski definition) is 2. The Balaban J connectivity index is 1.88. The molecule has 1 aromatic rings. The van der Waals surface area contributed by atoms with Gasteiger partial charge in [-0.3, -0.25) is 4.98 Å². The lowest BCUT2D eigenvalue weighted by Crippen LogP contribution is -2.09. The largest absolute Gasteiger partial charge is 0.316 e. The molecular weight excluding hydrogens is 172 g/mol. The molecule has 1 saturated heterocycles. The predicted molar refractivity (Wildman–Crippen MR) is 56.7 cm³/mol. The molecule has 2 nitrogen and oxygen atoms in total. The predicted octanol–water partition coefficient (Wildman–Crippen LogP) is 1.70. The van der Waals surface area contributed by atoms with Crippen molar-refractivity contribution >= 4 is 5.57 Å². The second-order valence-electron chi connectivity index (χ2n) is 4.21. The lowest BCUT2D eigenvalue weighted by atomic mass is 9.99. The number of hydrogen-bond donors (Lipinski definition) is 1. The Kier molecular flexibility index (Phi) is 1.88. The van der Waals surface area contributed by atoms with Gasteiger partial charge in [-0.25, -0.2) is 0 Å². The zero-order chi connectivity index (χ0) is 9.38. The van der Waals surface area contributed by atoms with Crippen molar-refractivity contribution in [1.29, 1.82) is 0 Å². The highest BCUT2D eigenvalue weighted by Gasteiger charge is 2.31. The van der Waals surface area contributed by atoms with Crippen molar-refractivity contribution in [3.8, 4) is 0 Å². The van der Waals surface area contributed by atoms with Crippen molar-refractivity contribution in [2.24, 2.45) is 11.8 Å². The van der Waals surface area contributed by atoms with Gasteiger partial charge in [-0.2, -0.15) is 0 Å². The number of fused-ring (bicyclic) bond motifs is 1. The van der Waals surface area contributed by atoms with Crippen LogP contribution in [0.4, 0.5) is 0 Å². The van der Waals surface area contributed by atoms with Gasteiger partial charge in [0.25, 0.3) is 0 Å². The highest BCUT2D eigenvalue weighted by Crippen LogP contribution is 2.37. The third kappa shape index (κ3) is 1.26. The van der Waals surface area contributed by atoms with Gasteiger partial charge in [-0.1, -0.05) is 6.08 Å². The molecule has 14 heavy (non-hydrogen) atoms. The molecule has 0 amide bonds. The molecule has 1 unspecified atom stereocenters. The summed E-state index contributed by atoms with van der Waals surface area (Å²) in [5.41, 5.74) is 2.87. The first-order valence-corrected chi connectivity index (χ1v) is 5.25. The van der Waals surface area contributed by atoms with Crippen molar-refractivity contribution in [3.63, 3.8) is 0 Å². The lowest BCUT2D eigenvalue weighted by Gasteiger charge is -2.05. The van der Waals surface area contributed by atoms with Crippen LogP contribution >= 0.6 is 0 Å². The minimum absolute atomic E-state index is 0.776. The van der Waals surface area contributed by atoms with E-state index >= 15 is 0 Å². The monoisotopic (exact) mass is 186 g/mol. The SMILES string of the molecule is C1=C(c2ccncc2)CC2CNC[C@H]12. The van der Waals surface area contributed by atoms with E-state index in [1.54, 1.807) is 0 Å². The maximum absolute atomic E-state index is 4.05. The molecule has 2 atom stereocenters. The van der Waals surface area contributed by atoms with Crippen LogP contribution in [-0.2, 0) is 0 Å². The van der Waals surface area contributed by atoms with E-state index in [1.165, 1.54) is 30.6 Å². The van der Waals surface area contributed by atoms with Crippen LogP contribution < -0.4 is 5.32 Å². The summed E-state index contributed by atoms with van der Waals surface area (Å²) in [5.74, 6) is 1.62. The van der Waals surface area contributed by atoms with E-state index in [-0.39, 0.29) is 0 Å². The van der Waals surface area contributed by atoms with E-state index < -0.39 is 0 Å². The van der Waals surface area contributed by atoms with Gasteiger partial charge >= 0.3 is 0 Å². The zero-order valence-corrected chi connectivity index (χ0v) is 8.11. The summed E-state index contributed by atoms with van der Waals surface area (Å²) in [6.07, 6.45) is 7.44. The molecule has 0 aromatic carbocycles. The van der Waals surface area contributed by atoms with E-state index in [2.05, 4.69) is 28.5 Å². The van der Waals surface area contributed by atoms with Crippen LogP contribution in [0.25, 0.3) is 5.57 Å². The Bertz CT molecular complexity index is 356. The maximum atomic E-state index is 4.05. The summed E-state index contributed by atoms with van der Waals surface area (Å²) >= 11 is 0. The summed E-state index contributed by atoms with van der Waals surface area (Å²) in [4.78, 5) is 4.05. The van der Waals surface area contributed by atoms with Crippen LogP contribution in [0, 0.1) is 11.8 Å². The zero-order valence-electron chi connectivity index (χ0n) is 8.11. The highest BCUT2D eigenvalue weighted by atomic mass is 14.9. The molecule has 1 aromatic heterocycles. The van der Waals surface area contributed by atoms with Crippen LogP contribution in [0.2, 0.25) is 0 Å². The van der Waals surface area contributed by atoms with Gasteiger partial charge in [0, 0.05) is 18.9 Å². The average Bonchev–Trinajstić information content (AvgIpc) is 2.78. The molecule has 1 fully saturated rings. The third-order valence-corrected chi connectivity index (χ3v) is 3.34. The second kappa shape index (κ2) is 3.21. The highest BCUT2D eigenvalue weighted by molar-refractivity contribution is 5.68. The molecule has 1 N–H and O–H groups in total. The van der Waals surface area contributed by atoms with Crippen molar-refractivity contribution in [2.45, 2.75) is 6.42 Å². The van der Waals surface area contributed by atoms with Crippen molar-refractivity contribution in [3.05, 3.63) is 36.2 Å². The number of allylic oxidation sites excluding steroid dienone is 1. The standard InChI is InChI=1S/C12H14N2/c1-3-13-4-2-9(1)10-5-11-7-14-8-12(11)6-10/h1-5,11-12,14H,6-8H2/t11-,12?/m0/s1. The Morgan fingerprint density at radius 2 is 2.07 bits per heavy atom. The first-order chi connectivity index (χ1) is 6.93. The first-order valence-electron chi connectivity index (χ1n) is 5.25. The van der Waals surface area contributed by atoms with E-state index in [9.17, 15) is 0 Å². The van der Waals surface area contributed by atoms with E-state index in [4.69, 9.17) is 0 Å². The number of pyridine rings is 1. The molecule has 2 heterocycles. The fourth-order valence-corrected chi connectivity index (χ4v) is 2.56. The molecule has 1 aliphatic carbocycles. The molecule has 1 aliphatic heterocycles. The fraction of sp³-hybridized carbons (Fsp3) is 0.417. The van der Waals surface area contributed by atoms with Crippen LogP contribution in [0.15, 0.2) is 30.6 Å². The molecule has 0 spiro atoms. The summed E-state index contributed by atoms with van der Waals surface area (Å²) in [5, 5.41) is 3.44. The van der Waals surface area contributed by atoms with Gasteiger partial charge < -0.3 is 5.32 Å². The maximum Gasteiger partial charge on any atom is 0.0273 e. The van der Waals surface area contributed by atoms with Gasteiger partial charge in [-0.05, 0) is 48.1 Å². The average molecular weight is 186 g/mol. The minimum atomic E-state index is 0.776. The molecule has 2 aliphatic rings. The summed E-state index contributed by atoms with van der Waals surface area (Å²) in [6, 6.07) is 4.22. The van der Waals surface area contributed by atoms with Crippen LogP contribution in [0.1, 0.15) is 12.0 Å².